The summed E-state index contributed by atoms with van der Waals surface area (Å²) in [7, 11) is 1.66. The van der Waals surface area contributed by atoms with Gasteiger partial charge >= 0.3 is 0 Å². The van der Waals surface area contributed by atoms with E-state index >= 15 is 0 Å². The second-order valence-corrected chi connectivity index (χ2v) is 8.41. The molecule has 33 heavy (non-hydrogen) atoms. The number of ether oxygens (including phenoxy) is 1. The molecule has 1 amide bonds. The lowest BCUT2D eigenvalue weighted by molar-refractivity contribution is -0.128. The molecule has 2 heterocycles. The molecular weight excluding hydrogens is 410 g/mol. The van der Waals surface area contributed by atoms with Crippen LogP contribution in [0.15, 0.2) is 84.9 Å². The highest BCUT2D eigenvalue weighted by atomic mass is 16.5. The molecule has 1 aromatic heterocycles. The fourth-order valence-electron chi connectivity index (χ4n) is 4.51. The summed E-state index contributed by atoms with van der Waals surface area (Å²) in [5, 5.41) is 0. The summed E-state index contributed by atoms with van der Waals surface area (Å²) >= 11 is 0. The van der Waals surface area contributed by atoms with Crippen LogP contribution in [0.4, 0.5) is 0 Å². The van der Waals surface area contributed by atoms with Crippen LogP contribution >= 0.6 is 0 Å². The zero-order valence-corrected chi connectivity index (χ0v) is 18.7. The van der Waals surface area contributed by atoms with Crippen LogP contribution in [0, 0.1) is 0 Å². The number of allylic oxidation sites excluding steroid dienone is 1. The molecular formula is C28H27N3O2. The highest BCUT2D eigenvalue weighted by Crippen LogP contribution is 2.31. The Hall–Kier alpha value is -3.86. The first kappa shape index (κ1) is 21.0. The average molecular weight is 438 g/mol. The molecule has 0 bridgehead atoms. The molecule has 3 aromatic carbocycles. The summed E-state index contributed by atoms with van der Waals surface area (Å²) in [6.07, 6.45) is 4.79. The molecule has 1 atom stereocenters. The second-order valence-electron chi connectivity index (χ2n) is 8.41. The van der Waals surface area contributed by atoms with Crippen molar-refractivity contribution in [2.24, 2.45) is 0 Å². The Labute approximate surface area is 193 Å². The van der Waals surface area contributed by atoms with E-state index in [1.54, 1.807) is 7.11 Å². The molecule has 0 N–H and O–H groups in total. The molecule has 0 radical (unpaired) electrons. The molecule has 4 aromatic rings. The van der Waals surface area contributed by atoms with Gasteiger partial charge in [0.05, 0.1) is 18.1 Å². The second kappa shape index (κ2) is 9.33. The van der Waals surface area contributed by atoms with Gasteiger partial charge in [0.15, 0.2) is 0 Å². The van der Waals surface area contributed by atoms with Gasteiger partial charge in [0.1, 0.15) is 11.6 Å². The quantitative estimate of drug-likeness (QED) is 0.395. The van der Waals surface area contributed by atoms with Crippen LogP contribution in [0.5, 0.6) is 5.75 Å². The summed E-state index contributed by atoms with van der Waals surface area (Å²) in [6.45, 7) is 2.00. The maximum absolute atomic E-state index is 12.9. The van der Waals surface area contributed by atoms with Crippen molar-refractivity contribution < 1.29 is 9.53 Å². The van der Waals surface area contributed by atoms with Gasteiger partial charge in [-0.3, -0.25) is 4.79 Å². The molecule has 1 aliphatic rings. The minimum atomic E-state index is 0.0771. The van der Waals surface area contributed by atoms with Gasteiger partial charge in [-0.25, -0.2) is 4.98 Å². The first-order chi connectivity index (χ1) is 16.2. The van der Waals surface area contributed by atoms with Gasteiger partial charge in [0.2, 0.25) is 5.91 Å². The van der Waals surface area contributed by atoms with Gasteiger partial charge in [0.25, 0.3) is 0 Å². The third-order valence-corrected chi connectivity index (χ3v) is 6.19. The standard InChI is InChI=1S/C28H27N3O2/c1-33-24-15-13-22(14-16-24)19-30-20-23(18-27(30)32)28-29-25-11-5-6-12-26(25)31(28)17-7-10-21-8-3-2-4-9-21/h2-16,23H,17-20H2,1H3/b10-7+. The zero-order valence-electron chi connectivity index (χ0n) is 18.7. The molecule has 1 unspecified atom stereocenters. The van der Waals surface area contributed by atoms with E-state index in [9.17, 15) is 4.79 Å². The molecule has 1 saturated heterocycles. The number of para-hydroxylation sites is 2. The average Bonchev–Trinajstić information content (AvgIpc) is 3.40. The number of amides is 1. The van der Waals surface area contributed by atoms with Gasteiger partial charge in [-0.15, -0.1) is 0 Å². The van der Waals surface area contributed by atoms with Gasteiger partial charge < -0.3 is 14.2 Å². The van der Waals surface area contributed by atoms with E-state index < -0.39 is 0 Å². The third-order valence-electron chi connectivity index (χ3n) is 6.19. The summed E-state index contributed by atoms with van der Waals surface area (Å²) < 4.78 is 7.49. The van der Waals surface area contributed by atoms with Crippen molar-refractivity contribution in [1.82, 2.24) is 14.5 Å². The third kappa shape index (κ3) is 4.53. The molecule has 5 nitrogen and oxygen atoms in total. The van der Waals surface area contributed by atoms with Crippen molar-refractivity contribution in [2.75, 3.05) is 13.7 Å². The van der Waals surface area contributed by atoms with E-state index in [4.69, 9.17) is 9.72 Å². The topological polar surface area (TPSA) is 47.4 Å². The molecule has 5 heteroatoms. The number of likely N-dealkylation sites (tertiary alicyclic amines) is 1. The number of methoxy groups -OCH3 is 1. The predicted molar refractivity (Wildman–Crippen MR) is 131 cm³/mol. The van der Waals surface area contributed by atoms with Crippen molar-refractivity contribution >= 4 is 23.0 Å². The highest BCUT2D eigenvalue weighted by Gasteiger charge is 2.33. The Morgan fingerprint density at radius 2 is 1.76 bits per heavy atom. The van der Waals surface area contributed by atoms with Crippen LogP contribution in [-0.4, -0.2) is 34.0 Å². The Balaban J connectivity index is 1.38. The number of hydrogen-bond donors (Lipinski definition) is 0. The van der Waals surface area contributed by atoms with Crippen LogP contribution in [-0.2, 0) is 17.9 Å². The van der Waals surface area contributed by atoms with Crippen LogP contribution < -0.4 is 4.74 Å². The fourth-order valence-corrected chi connectivity index (χ4v) is 4.51. The molecule has 0 saturated carbocycles. The molecule has 1 fully saturated rings. The molecule has 1 aliphatic heterocycles. The van der Waals surface area contributed by atoms with Gasteiger partial charge in [-0.2, -0.15) is 0 Å². The molecule has 166 valence electrons. The van der Waals surface area contributed by atoms with Crippen molar-refractivity contribution in [3.8, 4) is 5.75 Å². The van der Waals surface area contributed by atoms with Gasteiger partial charge in [-0.1, -0.05) is 66.7 Å². The normalized spacial score (nSPS) is 16.2. The minimum Gasteiger partial charge on any atom is -0.497 e. The first-order valence-electron chi connectivity index (χ1n) is 11.3. The number of nitrogens with zero attached hydrogens (tertiary/aromatic N) is 3. The zero-order chi connectivity index (χ0) is 22.6. The minimum absolute atomic E-state index is 0.0771. The number of benzene rings is 3. The van der Waals surface area contributed by atoms with E-state index in [2.05, 4.69) is 34.9 Å². The Bertz CT molecular complexity index is 1280. The fraction of sp³-hybridized carbons (Fsp3) is 0.214. The Kier molecular flexibility index (Phi) is 5.94. The maximum Gasteiger partial charge on any atom is 0.223 e. The van der Waals surface area contributed by atoms with E-state index in [1.807, 2.05) is 65.6 Å². The number of fused-ring (bicyclic) bond motifs is 1. The van der Waals surface area contributed by atoms with E-state index in [-0.39, 0.29) is 11.8 Å². The smallest absolute Gasteiger partial charge is 0.223 e. The van der Waals surface area contributed by atoms with Gasteiger partial charge in [0, 0.05) is 32.0 Å². The highest BCUT2D eigenvalue weighted by molar-refractivity contribution is 5.81. The molecule has 5 rings (SSSR count). The number of hydrogen-bond acceptors (Lipinski definition) is 3. The Morgan fingerprint density at radius 1 is 1.00 bits per heavy atom. The maximum atomic E-state index is 12.9. The van der Waals surface area contributed by atoms with Crippen LogP contribution in [0.3, 0.4) is 0 Å². The lowest BCUT2D eigenvalue weighted by atomic mass is 10.1. The molecule has 0 aliphatic carbocycles. The molecule has 0 spiro atoms. The number of aromatic nitrogens is 2. The summed E-state index contributed by atoms with van der Waals surface area (Å²) in [4.78, 5) is 19.8. The SMILES string of the molecule is COc1ccc(CN2CC(c3nc4ccccc4n3C/C=C/c3ccccc3)CC2=O)cc1. The largest absolute Gasteiger partial charge is 0.497 e. The first-order valence-corrected chi connectivity index (χ1v) is 11.3. The predicted octanol–water partition coefficient (Wildman–Crippen LogP) is 5.27. The van der Waals surface area contributed by atoms with E-state index in [0.717, 1.165) is 28.2 Å². The lowest BCUT2D eigenvalue weighted by Crippen LogP contribution is -2.24. The van der Waals surface area contributed by atoms with Crippen molar-refractivity contribution in [2.45, 2.75) is 25.4 Å². The number of imidazole rings is 1. The summed E-state index contributed by atoms with van der Waals surface area (Å²) in [6, 6.07) is 26.4. The van der Waals surface area contributed by atoms with Crippen LogP contribution in [0.1, 0.15) is 29.3 Å². The van der Waals surface area contributed by atoms with Crippen molar-refractivity contribution in [1.29, 1.82) is 0 Å². The van der Waals surface area contributed by atoms with Crippen molar-refractivity contribution in [3.63, 3.8) is 0 Å². The van der Waals surface area contributed by atoms with Gasteiger partial charge in [-0.05, 0) is 35.4 Å². The van der Waals surface area contributed by atoms with E-state index in [1.165, 1.54) is 5.56 Å². The lowest BCUT2D eigenvalue weighted by Gasteiger charge is -2.17. The Morgan fingerprint density at radius 3 is 2.55 bits per heavy atom. The number of rotatable bonds is 7. The number of carbonyl (C=O) groups is 1. The number of carbonyl (C=O) groups excluding carboxylic acids is 1. The van der Waals surface area contributed by atoms with Crippen LogP contribution in [0.2, 0.25) is 0 Å². The van der Waals surface area contributed by atoms with E-state index in [0.29, 0.717) is 26.1 Å². The van der Waals surface area contributed by atoms with Crippen LogP contribution in [0.25, 0.3) is 17.1 Å². The summed E-state index contributed by atoms with van der Waals surface area (Å²) in [5.41, 5.74) is 4.35. The van der Waals surface area contributed by atoms with Crippen molar-refractivity contribution in [3.05, 3.63) is 102 Å². The summed E-state index contributed by atoms with van der Waals surface area (Å²) in [5.74, 6) is 2.06. The monoisotopic (exact) mass is 437 g/mol.